The molecule has 0 bridgehead atoms. The van der Waals surface area contributed by atoms with E-state index in [4.69, 9.17) is 5.11 Å². The van der Waals surface area contributed by atoms with Crippen LogP contribution in [0.5, 0.6) is 0 Å². The molecule has 0 fully saturated rings. The number of aliphatic carboxylic acids is 1. The van der Waals surface area contributed by atoms with Crippen LogP contribution >= 0.6 is 11.3 Å². The molecule has 0 saturated heterocycles. The zero-order chi connectivity index (χ0) is 12.3. The lowest BCUT2D eigenvalue weighted by Crippen LogP contribution is -1.85. The van der Waals surface area contributed by atoms with Crippen molar-refractivity contribution >= 4 is 23.4 Å². The number of nitrogens with zero attached hydrogens (tertiary/aromatic N) is 1. The van der Waals surface area contributed by atoms with Crippen molar-refractivity contribution in [2.45, 2.75) is 6.92 Å². The van der Waals surface area contributed by atoms with E-state index in [9.17, 15) is 4.79 Å². The van der Waals surface area contributed by atoms with E-state index in [1.165, 1.54) is 23.0 Å². The lowest BCUT2D eigenvalue weighted by Gasteiger charge is -1.96. The fourth-order valence-corrected chi connectivity index (χ4v) is 2.08. The summed E-state index contributed by atoms with van der Waals surface area (Å²) in [5.41, 5.74) is 3.12. The van der Waals surface area contributed by atoms with E-state index in [0.717, 1.165) is 17.3 Å². The second-order valence-electron chi connectivity index (χ2n) is 3.61. The fraction of sp³-hybridized carbons (Fsp3) is 0.0769. The number of aryl methyl sites for hydroxylation is 1. The van der Waals surface area contributed by atoms with Crippen molar-refractivity contribution in [3.05, 3.63) is 46.3 Å². The first-order valence-electron chi connectivity index (χ1n) is 5.09. The second kappa shape index (κ2) is 4.93. The first-order chi connectivity index (χ1) is 8.15. The van der Waals surface area contributed by atoms with E-state index in [-0.39, 0.29) is 0 Å². The molecule has 4 heteroatoms. The summed E-state index contributed by atoms with van der Waals surface area (Å²) in [5.74, 6) is -0.961. The molecule has 0 aliphatic heterocycles. The molecule has 2 rings (SSSR count). The highest BCUT2D eigenvalue weighted by atomic mass is 32.1. The molecule has 0 aliphatic carbocycles. The highest BCUT2D eigenvalue weighted by Gasteiger charge is 2.02. The number of benzene rings is 1. The highest BCUT2D eigenvalue weighted by molar-refractivity contribution is 7.10. The topological polar surface area (TPSA) is 50.2 Å². The predicted molar refractivity (Wildman–Crippen MR) is 69.0 cm³/mol. The van der Waals surface area contributed by atoms with Crippen LogP contribution in [-0.2, 0) is 4.79 Å². The molecule has 1 heterocycles. The number of hydrogen-bond donors (Lipinski definition) is 1. The summed E-state index contributed by atoms with van der Waals surface area (Å²) in [6.45, 7) is 2.03. The summed E-state index contributed by atoms with van der Waals surface area (Å²) >= 11 is 1.43. The van der Waals surface area contributed by atoms with E-state index in [2.05, 4.69) is 4.98 Å². The molecule has 17 heavy (non-hydrogen) atoms. The molecule has 0 radical (unpaired) electrons. The Morgan fingerprint density at radius 2 is 2.06 bits per heavy atom. The van der Waals surface area contributed by atoms with Crippen molar-refractivity contribution in [1.82, 2.24) is 4.98 Å². The van der Waals surface area contributed by atoms with E-state index < -0.39 is 5.97 Å². The number of carboxylic acid groups (broad SMARTS) is 1. The van der Waals surface area contributed by atoms with Gasteiger partial charge in [-0.15, -0.1) is 11.3 Å². The molecular formula is C13H11NO2S. The van der Waals surface area contributed by atoms with Gasteiger partial charge in [0.1, 0.15) is 5.01 Å². The first-order valence-corrected chi connectivity index (χ1v) is 5.97. The van der Waals surface area contributed by atoms with Gasteiger partial charge in [-0.2, -0.15) is 0 Å². The Bertz CT molecular complexity index is 555. The monoisotopic (exact) mass is 245 g/mol. The maximum atomic E-state index is 10.4. The molecular weight excluding hydrogens is 234 g/mol. The molecule has 0 amide bonds. The van der Waals surface area contributed by atoms with Gasteiger partial charge in [0.25, 0.3) is 0 Å². The van der Waals surface area contributed by atoms with Crippen LogP contribution in [0.3, 0.4) is 0 Å². The normalized spacial score (nSPS) is 10.9. The van der Waals surface area contributed by atoms with Gasteiger partial charge in [-0.25, -0.2) is 9.78 Å². The third-order valence-corrected chi connectivity index (χ3v) is 3.05. The Morgan fingerprint density at radius 1 is 1.35 bits per heavy atom. The van der Waals surface area contributed by atoms with Crippen LogP contribution in [0.4, 0.5) is 0 Å². The number of rotatable bonds is 3. The average Bonchev–Trinajstić information content (AvgIpc) is 2.76. The zero-order valence-corrected chi connectivity index (χ0v) is 10.1. The van der Waals surface area contributed by atoms with E-state index in [0.29, 0.717) is 5.01 Å². The largest absolute Gasteiger partial charge is 0.478 e. The fourth-order valence-electron chi connectivity index (χ4n) is 1.36. The van der Waals surface area contributed by atoms with Crippen LogP contribution < -0.4 is 0 Å². The van der Waals surface area contributed by atoms with Gasteiger partial charge in [0, 0.05) is 17.0 Å². The summed E-state index contributed by atoms with van der Waals surface area (Å²) in [6, 6.07) is 8.08. The molecule has 2 aromatic rings. The maximum absolute atomic E-state index is 10.4. The van der Waals surface area contributed by atoms with Crippen molar-refractivity contribution in [3.8, 4) is 11.3 Å². The van der Waals surface area contributed by atoms with Crippen LogP contribution in [0.15, 0.2) is 35.7 Å². The van der Waals surface area contributed by atoms with Gasteiger partial charge in [-0.3, -0.25) is 0 Å². The molecule has 1 aromatic carbocycles. The molecule has 0 aliphatic rings. The number of carbonyl (C=O) groups is 1. The van der Waals surface area contributed by atoms with Crippen molar-refractivity contribution < 1.29 is 9.90 Å². The molecule has 3 nitrogen and oxygen atoms in total. The standard InChI is InChI=1S/C13H11NO2S/c1-9-2-4-10(5-3-9)11-8-17-12(14-11)6-7-13(15)16/h2-8H,1H3,(H,15,16)/b7-6+. The van der Waals surface area contributed by atoms with Gasteiger partial charge in [-0.1, -0.05) is 29.8 Å². The van der Waals surface area contributed by atoms with Crippen molar-refractivity contribution in [2.24, 2.45) is 0 Å². The molecule has 86 valence electrons. The third-order valence-electron chi connectivity index (χ3n) is 2.24. The van der Waals surface area contributed by atoms with Gasteiger partial charge in [-0.05, 0) is 13.0 Å². The number of thiazole rings is 1. The number of aromatic nitrogens is 1. The summed E-state index contributed by atoms with van der Waals surface area (Å²) in [4.78, 5) is 14.7. The van der Waals surface area contributed by atoms with Crippen molar-refractivity contribution in [1.29, 1.82) is 0 Å². The minimum absolute atomic E-state index is 0.697. The summed E-state index contributed by atoms with van der Waals surface area (Å²) in [5, 5.41) is 11.1. The lowest BCUT2D eigenvalue weighted by molar-refractivity contribution is -0.131. The highest BCUT2D eigenvalue weighted by Crippen LogP contribution is 2.22. The Kier molecular flexibility index (Phi) is 3.35. The second-order valence-corrected chi connectivity index (χ2v) is 4.50. The number of carboxylic acids is 1. The summed E-state index contributed by atoms with van der Waals surface area (Å²) < 4.78 is 0. The molecule has 0 unspecified atom stereocenters. The zero-order valence-electron chi connectivity index (χ0n) is 9.25. The van der Waals surface area contributed by atoms with Gasteiger partial charge in [0.15, 0.2) is 0 Å². The van der Waals surface area contributed by atoms with E-state index >= 15 is 0 Å². The van der Waals surface area contributed by atoms with E-state index in [1.807, 2.05) is 36.6 Å². The van der Waals surface area contributed by atoms with Gasteiger partial charge in [0.2, 0.25) is 0 Å². The molecule has 0 atom stereocenters. The Morgan fingerprint density at radius 3 is 2.71 bits per heavy atom. The quantitative estimate of drug-likeness (QED) is 0.845. The van der Waals surface area contributed by atoms with Gasteiger partial charge in [0.05, 0.1) is 5.69 Å². The Labute approximate surface area is 103 Å². The average molecular weight is 245 g/mol. The number of hydrogen-bond acceptors (Lipinski definition) is 3. The minimum Gasteiger partial charge on any atom is -0.478 e. The van der Waals surface area contributed by atoms with Crippen LogP contribution in [0.25, 0.3) is 17.3 Å². The van der Waals surface area contributed by atoms with Crippen LogP contribution in [0, 0.1) is 6.92 Å². The maximum Gasteiger partial charge on any atom is 0.328 e. The van der Waals surface area contributed by atoms with Gasteiger partial charge >= 0.3 is 5.97 Å². The third kappa shape index (κ3) is 3.01. The molecule has 1 aromatic heterocycles. The summed E-state index contributed by atoms with van der Waals surface area (Å²) in [7, 11) is 0. The van der Waals surface area contributed by atoms with Crippen molar-refractivity contribution in [2.75, 3.05) is 0 Å². The summed E-state index contributed by atoms with van der Waals surface area (Å²) in [6.07, 6.45) is 2.60. The smallest absolute Gasteiger partial charge is 0.328 e. The van der Waals surface area contributed by atoms with E-state index in [1.54, 1.807) is 0 Å². The molecule has 0 saturated carbocycles. The molecule has 0 spiro atoms. The predicted octanol–water partition coefficient (Wildman–Crippen LogP) is 3.22. The van der Waals surface area contributed by atoms with Crippen LogP contribution in [-0.4, -0.2) is 16.1 Å². The lowest BCUT2D eigenvalue weighted by atomic mass is 10.1. The molecule has 1 N–H and O–H groups in total. The Hall–Kier alpha value is -1.94. The van der Waals surface area contributed by atoms with Crippen molar-refractivity contribution in [3.63, 3.8) is 0 Å². The van der Waals surface area contributed by atoms with Crippen LogP contribution in [0.1, 0.15) is 10.6 Å². The SMILES string of the molecule is Cc1ccc(-c2csc(/C=C/C(=O)O)n2)cc1. The first kappa shape index (κ1) is 11.5. The van der Waals surface area contributed by atoms with Crippen LogP contribution in [0.2, 0.25) is 0 Å². The Balaban J connectivity index is 2.23. The minimum atomic E-state index is -0.961. The van der Waals surface area contributed by atoms with Gasteiger partial charge < -0.3 is 5.11 Å².